The number of benzene rings is 1. The zero-order valence-corrected chi connectivity index (χ0v) is 12.0. The molecule has 2 heteroatoms. The molecule has 1 aromatic carbocycles. The van der Waals surface area contributed by atoms with E-state index in [4.69, 9.17) is 5.73 Å². The molecular weight excluding hydrogens is 232 g/mol. The average molecular weight is 258 g/mol. The Hall–Kier alpha value is -0.860. The SMILES string of the molecule is CC(CN)c1ccc(CN(CC2CC2)C2CC2)cc1. The Morgan fingerprint density at radius 1 is 1.16 bits per heavy atom. The Morgan fingerprint density at radius 2 is 1.84 bits per heavy atom. The van der Waals surface area contributed by atoms with Gasteiger partial charge >= 0.3 is 0 Å². The molecular formula is C17H26N2. The monoisotopic (exact) mass is 258 g/mol. The molecule has 2 aliphatic rings. The van der Waals surface area contributed by atoms with Crippen molar-refractivity contribution < 1.29 is 0 Å². The summed E-state index contributed by atoms with van der Waals surface area (Å²) < 4.78 is 0. The molecule has 0 aliphatic heterocycles. The molecule has 1 atom stereocenters. The van der Waals surface area contributed by atoms with Crippen LogP contribution in [0.4, 0.5) is 0 Å². The third-order valence-electron chi connectivity index (χ3n) is 4.54. The standard InChI is InChI=1S/C17H26N2/c1-13(10-18)16-6-4-15(5-7-16)12-19(17-8-9-17)11-14-2-3-14/h4-7,13-14,17H,2-3,8-12,18H2,1H3. The van der Waals surface area contributed by atoms with Gasteiger partial charge in [0.15, 0.2) is 0 Å². The van der Waals surface area contributed by atoms with E-state index in [9.17, 15) is 0 Å². The molecule has 0 amide bonds. The van der Waals surface area contributed by atoms with E-state index in [1.807, 2.05) is 0 Å². The summed E-state index contributed by atoms with van der Waals surface area (Å²) in [5, 5.41) is 0. The molecule has 2 nitrogen and oxygen atoms in total. The second-order valence-electron chi connectivity index (χ2n) is 6.48. The van der Waals surface area contributed by atoms with Gasteiger partial charge in [-0.05, 0) is 55.2 Å². The lowest BCUT2D eigenvalue weighted by Gasteiger charge is -2.22. The topological polar surface area (TPSA) is 29.3 Å². The Morgan fingerprint density at radius 3 is 2.37 bits per heavy atom. The van der Waals surface area contributed by atoms with Crippen molar-refractivity contribution in [1.29, 1.82) is 0 Å². The highest BCUT2D eigenvalue weighted by Gasteiger charge is 2.33. The summed E-state index contributed by atoms with van der Waals surface area (Å²) in [4.78, 5) is 2.71. The van der Waals surface area contributed by atoms with Gasteiger partial charge in [0, 0.05) is 19.1 Å². The van der Waals surface area contributed by atoms with E-state index in [1.54, 1.807) is 0 Å². The average Bonchev–Trinajstić information content (AvgIpc) is 3.29. The molecule has 2 N–H and O–H groups in total. The third kappa shape index (κ3) is 3.58. The van der Waals surface area contributed by atoms with Crippen LogP contribution in [0.2, 0.25) is 0 Å². The second-order valence-corrected chi connectivity index (χ2v) is 6.48. The lowest BCUT2D eigenvalue weighted by molar-refractivity contribution is 0.244. The fourth-order valence-corrected chi connectivity index (χ4v) is 2.74. The highest BCUT2D eigenvalue weighted by molar-refractivity contribution is 5.25. The molecule has 2 aliphatic carbocycles. The maximum absolute atomic E-state index is 5.72. The molecule has 104 valence electrons. The van der Waals surface area contributed by atoms with Crippen molar-refractivity contribution in [1.82, 2.24) is 4.90 Å². The number of hydrogen-bond acceptors (Lipinski definition) is 2. The van der Waals surface area contributed by atoms with Crippen molar-refractivity contribution in [3.8, 4) is 0 Å². The van der Waals surface area contributed by atoms with Gasteiger partial charge in [0.25, 0.3) is 0 Å². The Balaban J connectivity index is 1.60. The van der Waals surface area contributed by atoms with E-state index < -0.39 is 0 Å². The van der Waals surface area contributed by atoms with Gasteiger partial charge in [0.2, 0.25) is 0 Å². The quantitative estimate of drug-likeness (QED) is 0.814. The van der Waals surface area contributed by atoms with E-state index in [-0.39, 0.29) is 0 Å². The largest absolute Gasteiger partial charge is 0.330 e. The van der Waals surface area contributed by atoms with Crippen LogP contribution in [-0.4, -0.2) is 24.0 Å². The Bertz CT molecular complexity index is 404. The van der Waals surface area contributed by atoms with Crippen LogP contribution in [0.25, 0.3) is 0 Å². The molecule has 0 heterocycles. The van der Waals surface area contributed by atoms with Crippen LogP contribution in [0.3, 0.4) is 0 Å². The smallest absolute Gasteiger partial charge is 0.0236 e. The summed E-state index contributed by atoms with van der Waals surface area (Å²) >= 11 is 0. The van der Waals surface area contributed by atoms with Crippen LogP contribution in [0.15, 0.2) is 24.3 Å². The predicted molar refractivity (Wildman–Crippen MR) is 80.1 cm³/mol. The van der Waals surface area contributed by atoms with Gasteiger partial charge in [-0.3, -0.25) is 4.90 Å². The lowest BCUT2D eigenvalue weighted by Crippen LogP contribution is -2.27. The third-order valence-corrected chi connectivity index (χ3v) is 4.54. The van der Waals surface area contributed by atoms with Crippen molar-refractivity contribution >= 4 is 0 Å². The molecule has 0 spiro atoms. The minimum Gasteiger partial charge on any atom is -0.330 e. The molecule has 2 saturated carbocycles. The number of rotatable bonds is 7. The first-order valence-electron chi connectivity index (χ1n) is 7.79. The van der Waals surface area contributed by atoms with Crippen molar-refractivity contribution in [3.05, 3.63) is 35.4 Å². The fourth-order valence-electron chi connectivity index (χ4n) is 2.74. The number of nitrogens with zero attached hydrogens (tertiary/aromatic N) is 1. The maximum Gasteiger partial charge on any atom is 0.0236 e. The molecule has 0 saturated heterocycles. The van der Waals surface area contributed by atoms with E-state index in [1.165, 1.54) is 43.4 Å². The van der Waals surface area contributed by atoms with E-state index in [2.05, 4.69) is 36.1 Å². The van der Waals surface area contributed by atoms with E-state index >= 15 is 0 Å². The van der Waals surface area contributed by atoms with Crippen LogP contribution in [0.5, 0.6) is 0 Å². The summed E-state index contributed by atoms with van der Waals surface area (Å²) in [6, 6.07) is 9.99. The molecule has 1 aromatic rings. The van der Waals surface area contributed by atoms with Crippen LogP contribution in [0.1, 0.15) is 49.7 Å². The first-order valence-corrected chi connectivity index (χ1v) is 7.79. The molecule has 0 aromatic heterocycles. The number of hydrogen-bond donors (Lipinski definition) is 1. The summed E-state index contributed by atoms with van der Waals surface area (Å²) in [5.74, 6) is 1.47. The fraction of sp³-hybridized carbons (Fsp3) is 0.647. The zero-order valence-electron chi connectivity index (χ0n) is 12.0. The molecule has 0 bridgehead atoms. The van der Waals surface area contributed by atoms with Gasteiger partial charge in [-0.1, -0.05) is 31.2 Å². The second kappa shape index (κ2) is 5.64. The van der Waals surface area contributed by atoms with E-state index in [0.29, 0.717) is 5.92 Å². The highest BCUT2D eigenvalue weighted by atomic mass is 15.2. The van der Waals surface area contributed by atoms with Crippen LogP contribution in [0, 0.1) is 5.92 Å². The summed E-state index contributed by atoms with van der Waals surface area (Å²) in [7, 11) is 0. The van der Waals surface area contributed by atoms with Gasteiger partial charge in [0.1, 0.15) is 0 Å². The minimum atomic E-state index is 0.472. The van der Waals surface area contributed by atoms with Crippen LogP contribution < -0.4 is 5.73 Å². The van der Waals surface area contributed by atoms with Gasteiger partial charge < -0.3 is 5.73 Å². The predicted octanol–water partition coefficient (Wildman–Crippen LogP) is 3.12. The summed E-state index contributed by atoms with van der Waals surface area (Å²) in [5.41, 5.74) is 8.55. The van der Waals surface area contributed by atoms with Crippen molar-refractivity contribution in [2.75, 3.05) is 13.1 Å². The molecule has 1 unspecified atom stereocenters. The summed E-state index contributed by atoms with van der Waals surface area (Å²) in [6.45, 7) is 5.39. The highest BCUT2D eigenvalue weighted by Crippen LogP contribution is 2.35. The first-order chi connectivity index (χ1) is 9.26. The van der Waals surface area contributed by atoms with Gasteiger partial charge in [-0.15, -0.1) is 0 Å². The van der Waals surface area contributed by atoms with Crippen molar-refractivity contribution in [2.24, 2.45) is 11.7 Å². The minimum absolute atomic E-state index is 0.472. The molecule has 0 radical (unpaired) electrons. The Kier molecular flexibility index (Phi) is 3.90. The van der Waals surface area contributed by atoms with Crippen LogP contribution >= 0.6 is 0 Å². The maximum atomic E-state index is 5.72. The van der Waals surface area contributed by atoms with E-state index in [0.717, 1.165) is 25.0 Å². The normalized spacial score (nSPS) is 20.8. The van der Waals surface area contributed by atoms with Crippen molar-refractivity contribution in [3.63, 3.8) is 0 Å². The molecule has 2 fully saturated rings. The van der Waals surface area contributed by atoms with Gasteiger partial charge in [-0.25, -0.2) is 0 Å². The first kappa shape index (κ1) is 13.1. The zero-order chi connectivity index (χ0) is 13.2. The van der Waals surface area contributed by atoms with Gasteiger partial charge in [-0.2, -0.15) is 0 Å². The van der Waals surface area contributed by atoms with Gasteiger partial charge in [0.05, 0.1) is 0 Å². The van der Waals surface area contributed by atoms with Crippen LogP contribution in [-0.2, 0) is 6.54 Å². The summed E-state index contributed by atoms with van der Waals surface area (Å²) in [6.07, 6.45) is 5.73. The number of nitrogens with two attached hydrogens (primary N) is 1. The Labute approximate surface area is 117 Å². The van der Waals surface area contributed by atoms with Crippen molar-refractivity contribution in [2.45, 2.75) is 51.1 Å². The molecule has 3 rings (SSSR count). The molecule has 19 heavy (non-hydrogen) atoms. The lowest BCUT2D eigenvalue weighted by atomic mass is 10.00.